The summed E-state index contributed by atoms with van der Waals surface area (Å²) in [6.45, 7) is 2.20. The van der Waals surface area contributed by atoms with Crippen LogP contribution in [0.2, 0.25) is 0 Å². The summed E-state index contributed by atoms with van der Waals surface area (Å²) in [5.41, 5.74) is 2.17. The van der Waals surface area contributed by atoms with Crippen LogP contribution in [-0.4, -0.2) is 47.4 Å². The highest BCUT2D eigenvalue weighted by Gasteiger charge is 2.41. The van der Waals surface area contributed by atoms with Crippen LogP contribution in [0.15, 0.2) is 18.2 Å². The Morgan fingerprint density at radius 1 is 1.15 bits per heavy atom. The molecule has 0 radical (unpaired) electrons. The van der Waals surface area contributed by atoms with Crippen LogP contribution in [0.3, 0.4) is 0 Å². The molecule has 1 aromatic rings. The zero-order chi connectivity index (χ0) is 18.6. The first-order valence-electron chi connectivity index (χ1n) is 9.45. The maximum absolute atomic E-state index is 13.0. The molecule has 7 heteroatoms. The Kier molecular flexibility index (Phi) is 3.62. The lowest BCUT2D eigenvalue weighted by molar-refractivity contribution is -0.136. The molecule has 4 aliphatic rings. The molecule has 2 N–H and O–H groups in total. The maximum atomic E-state index is 13.0. The van der Waals surface area contributed by atoms with E-state index in [1.54, 1.807) is 4.90 Å². The average Bonchev–Trinajstić information content (AvgIpc) is 2.96. The van der Waals surface area contributed by atoms with Crippen LogP contribution in [0.1, 0.15) is 47.2 Å². The smallest absolute Gasteiger partial charge is 0.255 e. The molecule has 0 aromatic heterocycles. The van der Waals surface area contributed by atoms with Crippen LogP contribution < -0.4 is 15.4 Å². The molecule has 0 aliphatic carbocycles. The minimum absolute atomic E-state index is 0.167. The van der Waals surface area contributed by atoms with Gasteiger partial charge in [-0.05, 0) is 43.3 Å². The third-order valence-electron chi connectivity index (χ3n) is 5.98. The molecule has 0 saturated carbocycles. The minimum atomic E-state index is -0.591. The first-order valence-corrected chi connectivity index (χ1v) is 9.45. The third kappa shape index (κ3) is 2.65. The van der Waals surface area contributed by atoms with Gasteiger partial charge >= 0.3 is 0 Å². The molecule has 2 saturated heterocycles. The molecule has 27 heavy (non-hydrogen) atoms. The van der Waals surface area contributed by atoms with Gasteiger partial charge in [0.05, 0.1) is 0 Å². The highest BCUT2D eigenvalue weighted by molar-refractivity contribution is 6.05. The molecule has 1 unspecified atom stereocenters. The Morgan fingerprint density at radius 3 is 2.74 bits per heavy atom. The molecular formula is C20H21N3O4. The topological polar surface area (TPSA) is 87.7 Å². The summed E-state index contributed by atoms with van der Waals surface area (Å²) in [5.74, 6) is -0.0971. The van der Waals surface area contributed by atoms with E-state index < -0.39 is 6.04 Å². The number of imide groups is 1. The van der Waals surface area contributed by atoms with Crippen molar-refractivity contribution in [1.82, 2.24) is 15.5 Å². The van der Waals surface area contributed by atoms with E-state index in [4.69, 9.17) is 4.74 Å². The van der Waals surface area contributed by atoms with E-state index in [9.17, 15) is 14.4 Å². The number of piperidine rings is 2. The van der Waals surface area contributed by atoms with E-state index in [0.29, 0.717) is 18.5 Å². The zero-order valence-corrected chi connectivity index (χ0v) is 14.9. The summed E-state index contributed by atoms with van der Waals surface area (Å²) in [5, 5.41) is 5.68. The molecule has 140 valence electrons. The molecule has 1 atom stereocenters. The van der Waals surface area contributed by atoms with Crippen LogP contribution in [0.25, 0.3) is 6.08 Å². The first-order chi connectivity index (χ1) is 13.0. The van der Waals surface area contributed by atoms with Crippen molar-refractivity contribution in [2.75, 3.05) is 13.1 Å². The lowest BCUT2D eigenvalue weighted by atomic mass is 9.88. The maximum Gasteiger partial charge on any atom is 0.255 e. The number of nitrogens with one attached hydrogen (secondary N) is 2. The molecule has 7 nitrogen and oxygen atoms in total. The van der Waals surface area contributed by atoms with Gasteiger partial charge in [-0.3, -0.25) is 19.7 Å². The Morgan fingerprint density at radius 2 is 1.96 bits per heavy atom. The number of ether oxygens (including phenoxy) is 1. The van der Waals surface area contributed by atoms with E-state index in [1.807, 2.05) is 12.1 Å². The Bertz CT molecular complexity index is 885. The number of benzene rings is 1. The largest absolute Gasteiger partial charge is 0.482 e. The van der Waals surface area contributed by atoms with Crippen molar-refractivity contribution in [2.45, 2.75) is 43.9 Å². The first kappa shape index (κ1) is 16.5. The highest BCUT2D eigenvalue weighted by atomic mass is 16.5. The van der Waals surface area contributed by atoms with Crippen molar-refractivity contribution in [3.8, 4) is 5.75 Å². The number of rotatable bonds is 1. The lowest BCUT2D eigenvalue weighted by Gasteiger charge is -2.38. The van der Waals surface area contributed by atoms with Crippen molar-refractivity contribution in [3.63, 3.8) is 0 Å². The second-order valence-corrected chi connectivity index (χ2v) is 7.70. The van der Waals surface area contributed by atoms with Crippen molar-refractivity contribution >= 4 is 23.8 Å². The minimum Gasteiger partial charge on any atom is -0.482 e. The fourth-order valence-corrected chi connectivity index (χ4v) is 4.45. The third-order valence-corrected chi connectivity index (χ3v) is 5.98. The van der Waals surface area contributed by atoms with Crippen LogP contribution in [0.4, 0.5) is 0 Å². The molecule has 4 aliphatic heterocycles. The van der Waals surface area contributed by atoms with Gasteiger partial charge in [-0.2, -0.15) is 0 Å². The molecule has 3 amide bonds. The fourth-order valence-electron chi connectivity index (χ4n) is 4.45. The number of carbonyl (C=O) groups excluding carboxylic acids is 3. The summed E-state index contributed by atoms with van der Waals surface area (Å²) >= 11 is 0. The molecule has 0 bridgehead atoms. The van der Waals surface area contributed by atoms with E-state index in [2.05, 4.69) is 22.8 Å². The predicted molar refractivity (Wildman–Crippen MR) is 97.0 cm³/mol. The number of nitrogens with zero attached hydrogens (tertiary/aromatic N) is 1. The van der Waals surface area contributed by atoms with Gasteiger partial charge in [0, 0.05) is 36.9 Å². The molecular weight excluding hydrogens is 346 g/mol. The van der Waals surface area contributed by atoms with Crippen molar-refractivity contribution in [2.24, 2.45) is 0 Å². The molecule has 4 heterocycles. The number of hydrogen-bond acceptors (Lipinski definition) is 5. The molecule has 1 aromatic carbocycles. The molecule has 1 spiro atoms. The Hall–Kier alpha value is -2.67. The zero-order valence-electron chi connectivity index (χ0n) is 14.9. The molecule has 2 fully saturated rings. The van der Waals surface area contributed by atoms with E-state index in [0.717, 1.165) is 42.8 Å². The van der Waals surface area contributed by atoms with Crippen molar-refractivity contribution in [1.29, 1.82) is 0 Å². The van der Waals surface area contributed by atoms with E-state index in [1.165, 1.54) is 0 Å². The van der Waals surface area contributed by atoms with Gasteiger partial charge in [0.25, 0.3) is 5.91 Å². The fraction of sp³-hybridized carbons (Fsp3) is 0.450. The normalized spacial score (nSPS) is 25.9. The lowest BCUT2D eigenvalue weighted by Crippen LogP contribution is -2.52. The average molecular weight is 367 g/mol. The van der Waals surface area contributed by atoms with Gasteiger partial charge in [-0.15, -0.1) is 0 Å². The summed E-state index contributed by atoms with van der Waals surface area (Å²) in [6, 6.07) is 3.22. The second-order valence-electron chi connectivity index (χ2n) is 7.70. The van der Waals surface area contributed by atoms with Gasteiger partial charge in [0.2, 0.25) is 11.8 Å². The SMILES string of the molecule is O=C1CCC(N2Cc3cc4c(cc3C2=O)OC2(C=C4)CCNCC2)C(=O)N1. The van der Waals surface area contributed by atoms with Gasteiger partial charge in [-0.25, -0.2) is 0 Å². The van der Waals surface area contributed by atoms with Crippen LogP contribution in [0, 0.1) is 0 Å². The van der Waals surface area contributed by atoms with Crippen LogP contribution >= 0.6 is 0 Å². The van der Waals surface area contributed by atoms with Gasteiger partial charge in [0.1, 0.15) is 17.4 Å². The highest BCUT2D eigenvalue weighted by Crippen LogP contribution is 2.39. The summed E-state index contributed by atoms with van der Waals surface area (Å²) in [7, 11) is 0. The molecule has 5 rings (SSSR count). The Labute approximate surface area is 156 Å². The second kappa shape index (κ2) is 5.92. The predicted octanol–water partition coefficient (Wildman–Crippen LogP) is 0.975. The van der Waals surface area contributed by atoms with Crippen molar-refractivity contribution < 1.29 is 19.1 Å². The van der Waals surface area contributed by atoms with E-state index in [-0.39, 0.29) is 29.7 Å². The number of fused-ring (bicyclic) bond motifs is 2. The standard InChI is InChI=1S/C20H21N3O4/c24-17-2-1-15(18(25)22-17)23-11-13-9-12-3-4-20(5-7-21-8-6-20)27-16(12)10-14(13)19(23)26/h3-4,9-10,15,21H,1-2,5-8,11H2,(H,22,24,25). The van der Waals surface area contributed by atoms with E-state index >= 15 is 0 Å². The number of hydrogen-bond donors (Lipinski definition) is 2. The number of amides is 3. The quantitative estimate of drug-likeness (QED) is 0.723. The van der Waals surface area contributed by atoms with Crippen LogP contribution in [-0.2, 0) is 16.1 Å². The summed E-state index contributed by atoms with van der Waals surface area (Å²) in [4.78, 5) is 38.1. The van der Waals surface area contributed by atoms with Gasteiger partial charge < -0.3 is 15.0 Å². The van der Waals surface area contributed by atoms with Crippen molar-refractivity contribution in [3.05, 3.63) is 34.9 Å². The Balaban J connectivity index is 1.43. The van der Waals surface area contributed by atoms with Gasteiger partial charge in [0.15, 0.2) is 0 Å². The van der Waals surface area contributed by atoms with Gasteiger partial charge in [-0.1, -0.05) is 6.08 Å². The summed E-state index contributed by atoms with van der Waals surface area (Å²) in [6.07, 6.45) is 6.65. The number of carbonyl (C=O) groups is 3. The van der Waals surface area contributed by atoms with Crippen LogP contribution in [0.5, 0.6) is 5.75 Å². The summed E-state index contributed by atoms with van der Waals surface area (Å²) < 4.78 is 6.33. The monoisotopic (exact) mass is 367 g/mol.